The largest absolute Gasteiger partial charge is 0.495 e. The second kappa shape index (κ2) is 7.60. The second-order valence-electron chi connectivity index (χ2n) is 5.50. The van der Waals surface area contributed by atoms with Crippen molar-refractivity contribution in [1.82, 2.24) is 9.88 Å². The number of benzene rings is 1. The van der Waals surface area contributed by atoms with E-state index in [2.05, 4.69) is 4.98 Å². The molecular weight excluding hydrogens is 379 g/mol. The van der Waals surface area contributed by atoms with Crippen LogP contribution in [0.4, 0.5) is 0 Å². The number of nitrogens with zero attached hydrogens (tertiary/aromatic N) is 2. The number of halogens is 2. The third-order valence-corrected chi connectivity index (χ3v) is 6.09. The summed E-state index contributed by atoms with van der Waals surface area (Å²) in [6, 6.07) is 9.32. The molecule has 130 valence electrons. The molecule has 0 aliphatic heterocycles. The summed E-state index contributed by atoms with van der Waals surface area (Å²) >= 11 is 14.1. The van der Waals surface area contributed by atoms with E-state index >= 15 is 0 Å². The summed E-state index contributed by atoms with van der Waals surface area (Å²) in [6.07, 6.45) is 2.43. The SMILES string of the molecule is COc1ccc2c(Cl)c(C(=O)N(C)CCc3ccccn3)sc2c1Cl. The first-order valence-corrected chi connectivity index (χ1v) is 9.20. The van der Waals surface area contributed by atoms with E-state index in [1.807, 2.05) is 24.3 Å². The van der Waals surface area contributed by atoms with Gasteiger partial charge in [0, 0.05) is 37.3 Å². The maximum atomic E-state index is 12.8. The van der Waals surface area contributed by atoms with Crippen LogP contribution in [0.25, 0.3) is 10.1 Å². The molecule has 25 heavy (non-hydrogen) atoms. The summed E-state index contributed by atoms with van der Waals surface area (Å²) in [5.74, 6) is 0.437. The van der Waals surface area contributed by atoms with Crippen LogP contribution in [-0.4, -0.2) is 36.5 Å². The van der Waals surface area contributed by atoms with Gasteiger partial charge in [-0.1, -0.05) is 29.3 Å². The third kappa shape index (κ3) is 3.59. The van der Waals surface area contributed by atoms with Gasteiger partial charge >= 0.3 is 0 Å². The minimum absolute atomic E-state index is 0.128. The Bertz CT molecular complexity index is 912. The van der Waals surface area contributed by atoms with Gasteiger partial charge in [0.1, 0.15) is 15.6 Å². The molecule has 0 unspecified atom stereocenters. The molecule has 0 spiro atoms. The molecule has 0 N–H and O–H groups in total. The van der Waals surface area contributed by atoms with Crippen LogP contribution >= 0.6 is 34.5 Å². The fourth-order valence-electron chi connectivity index (χ4n) is 2.48. The van der Waals surface area contributed by atoms with Crippen molar-refractivity contribution in [2.75, 3.05) is 20.7 Å². The summed E-state index contributed by atoms with van der Waals surface area (Å²) in [7, 11) is 3.31. The summed E-state index contributed by atoms with van der Waals surface area (Å²) in [4.78, 5) is 19.2. The minimum Gasteiger partial charge on any atom is -0.495 e. The molecule has 0 aliphatic carbocycles. The van der Waals surface area contributed by atoms with Crippen LogP contribution in [0.3, 0.4) is 0 Å². The highest BCUT2D eigenvalue weighted by Crippen LogP contribution is 2.43. The Morgan fingerprint density at radius 3 is 2.72 bits per heavy atom. The number of amides is 1. The fourth-order valence-corrected chi connectivity index (χ4v) is 4.36. The van der Waals surface area contributed by atoms with Gasteiger partial charge in [-0.05, 0) is 24.3 Å². The number of carbonyl (C=O) groups excluding carboxylic acids is 1. The van der Waals surface area contributed by atoms with E-state index in [1.54, 1.807) is 31.3 Å². The van der Waals surface area contributed by atoms with Gasteiger partial charge in [-0.15, -0.1) is 11.3 Å². The zero-order valence-electron chi connectivity index (χ0n) is 13.8. The molecule has 7 heteroatoms. The first kappa shape index (κ1) is 18.0. The number of hydrogen-bond acceptors (Lipinski definition) is 4. The molecule has 2 heterocycles. The number of ether oxygens (including phenoxy) is 1. The highest BCUT2D eigenvalue weighted by Gasteiger charge is 2.22. The molecule has 1 amide bonds. The Kier molecular flexibility index (Phi) is 5.47. The third-order valence-electron chi connectivity index (χ3n) is 3.89. The monoisotopic (exact) mass is 394 g/mol. The summed E-state index contributed by atoms with van der Waals surface area (Å²) < 4.78 is 5.98. The van der Waals surface area contributed by atoms with Crippen LogP contribution in [0.2, 0.25) is 10.0 Å². The molecule has 3 aromatic rings. The lowest BCUT2D eigenvalue weighted by Gasteiger charge is -2.16. The number of carbonyl (C=O) groups is 1. The van der Waals surface area contributed by atoms with Crippen molar-refractivity contribution in [2.45, 2.75) is 6.42 Å². The predicted octanol–water partition coefficient (Wildman–Crippen LogP) is 4.93. The maximum Gasteiger partial charge on any atom is 0.265 e. The second-order valence-corrected chi connectivity index (χ2v) is 7.28. The van der Waals surface area contributed by atoms with Crippen molar-refractivity contribution in [2.24, 2.45) is 0 Å². The molecule has 0 radical (unpaired) electrons. The number of rotatable bonds is 5. The molecular formula is C18H16Cl2N2O2S. The number of methoxy groups -OCH3 is 1. The van der Waals surface area contributed by atoms with E-state index in [0.717, 1.165) is 15.8 Å². The van der Waals surface area contributed by atoms with Gasteiger partial charge in [0.15, 0.2) is 0 Å². The van der Waals surface area contributed by atoms with E-state index in [9.17, 15) is 4.79 Å². The topological polar surface area (TPSA) is 42.4 Å². The molecule has 0 fully saturated rings. The van der Waals surface area contributed by atoms with Crippen molar-refractivity contribution >= 4 is 50.5 Å². The summed E-state index contributed by atoms with van der Waals surface area (Å²) in [5.41, 5.74) is 0.942. The van der Waals surface area contributed by atoms with Crippen LogP contribution in [0, 0.1) is 0 Å². The highest BCUT2D eigenvalue weighted by molar-refractivity contribution is 7.22. The van der Waals surface area contributed by atoms with Crippen LogP contribution in [0.15, 0.2) is 36.5 Å². The molecule has 0 saturated heterocycles. The lowest BCUT2D eigenvalue weighted by molar-refractivity contribution is 0.0801. The van der Waals surface area contributed by atoms with Crippen LogP contribution < -0.4 is 4.74 Å². The van der Waals surface area contributed by atoms with E-state index in [1.165, 1.54) is 11.3 Å². The number of fused-ring (bicyclic) bond motifs is 1. The lowest BCUT2D eigenvalue weighted by atomic mass is 10.2. The predicted molar refractivity (Wildman–Crippen MR) is 103 cm³/mol. The fraction of sp³-hybridized carbons (Fsp3) is 0.222. The van der Waals surface area contributed by atoms with E-state index in [4.69, 9.17) is 27.9 Å². The maximum absolute atomic E-state index is 12.8. The van der Waals surface area contributed by atoms with Crippen molar-refractivity contribution in [3.8, 4) is 5.75 Å². The van der Waals surface area contributed by atoms with Gasteiger partial charge < -0.3 is 9.64 Å². The Hall–Kier alpha value is -1.82. The van der Waals surface area contributed by atoms with Gasteiger partial charge in [-0.25, -0.2) is 0 Å². The van der Waals surface area contributed by atoms with Crippen molar-refractivity contribution in [3.63, 3.8) is 0 Å². The quantitative estimate of drug-likeness (QED) is 0.616. The van der Waals surface area contributed by atoms with Crippen molar-refractivity contribution < 1.29 is 9.53 Å². The molecule has 0 bridgehead atoms. The van der Waals surface area contributed by atoms with E-state index < -0.39 is 0 Å². The highest BCUT2D eigenvalue weighted by atomic mass is 35.5. The first-order valence-electron chi connectivity index (χ1n) is 7.62. The van der Waals surface area contributed by atoms with Gasteiger partial charge in [-0.3, -0.25) is 9.78 Å². The van der Waals surface area contributed by atoms with Crippen LogP contribution in [-0.2, 0) is 6.42 Å². The number of likely N-dealkylation sites (N-methyl/N-ethyl adjacent to an activating group) is 1. The smallest absolute Gasteiger partial charge is 0.265 e. The molecule has 0 aliphatic rings. The Morgan fingerprint density at radius 2 is 2.04 bits per heavy atom. The molecule has 1 aromatic carbocycles. The average molecular weight is 395 g/mol. The van der Waals surface area contributed by atoms with Crippen molar-refractivity contribution in [1.29, 1.82) is 0 Å². The van der Waals surface area contributed by atoms with Crippen LogP contribution in [0.5, 0.6) is 5.75 Å². The number of pyridine rings is 1. The van der Waals surface area contributed by atoms with Gasteiger partial charge in [0.25, 0.3) is 5.91 Å². The van der Waals surface area contributed by atoms with E-state index in [0.29, 0.717) is 33.6 Å². The molecule has 4 nitrogen and oxygen atoms in total. The lowest BCUT2D eigenvalue weighted by Crippen LogP contribution is -2.28. The summed E-state index contributed by atoms with van der Waals surface area (Å²) in [6.45, 7) is 0.553. The van der Waals surface area contributed by atoms with Crippen molar-refractivity contribution in [3.05, 3.63) is 57.1 Å². The standard InChI is InChI=1S/C18H16Cl2N2O2S/c1-22(10-8-11-5-3-4-9-21-11)18(23)17-14(19)12-6-7-13(24-2)15(20)16(12)25-17/h3-7,9H,8,10H2,1-2H3. The molecule has 3 rings (SSSR count). The zero-order chi connectivity index (χ0) is 18.0. The number of hydrogen-bond donors (Lipinski definition) is 0. The first-order chi connectivity index (χ1) is 12.0. The van der Waals surface area contributed by atoms with Gasteiger partial charge in [0.05, 0.1) is 16.8 Å². The Balaban J connectivity index is 1.84. The number of aromatic nitrogens is 1. The average Bonchev–Trinajstić information content (AvgIpc) is 2.98. The zero-order valence-corrected chi connectivity index (χ0v) is 16.1. The normalized spacial score (nSPS) is 10.9. The van der Waals surface area contributed by atoms with Gasteiger partial charge in [-0.2, -0.15) is 0 Å². The molecule has 2 aromatic heterocycles. The van der Waals surface area contributed by atoms with E-state index in [-0.39, 0.29) is 5.91 Å². The Labute approximate surface area is 159 Å². The van der Waals surface area contributed by atoms with Gasteiger partial charge in [0.2, 0.25) is 0 Å². The summed E-state index contributed by atoms with van der Waals surface area (Å²) in [5, 5.41) is 1.67. The van der Waals surface area contributed by atoms with Crippen LogP contribution in [0.1, 0.15) is 15.4 Å². The number of thiophene rings is 1. The molecule has 0 atom stereocenters. The Morgan fingerprint density at radius 1 is 1.24 bits per heavy atom. The minimum atomic E-state index is -0.128. The molecule has 0 saturated carbocycles.